The molecule has 0 saturated carbocycles. The molecule has 1 saturated heterocycles. The molecule has 26 heavy (non-hydrogen) atoms. The molecule has 4 rings (SSSR count). The van der Waals surface area contributed by atoms with E-state index in [2.05, 4.69) is 37.0 Å². The van der Waals surface area contributed by atoms with Gasteiger partial charge in [0.1, 0.15) is 11.6 Å². The number of hydrogen-bond donors (Lipinski definition) is 1. The normalized spacial score (nSPS) is 14.7. The molecular formula is C18H20ClN7. The van der Waals surface area contributed by atoms with Gasteiger partial charge in [-0.25, -0.2) is 9.97 Å². The molecule has 0 amide bonds. The highest BCUT2D eigenvalue weighted by Gasteiger charge is 2.20. The Kier molecular flexibility index (Phi) is 4.71. The van der Waals surface area contributed by atoms with E-state index >= 15 is 0 Å². The first-order valence-electron chi connectivity index (χ1n) is 8.72. The molecule has 8 heteroatoms. The van der Waals surface area contributed by atoms with Gasteiger partial charge in [-0.2, -0.15) is 4.98 Å². The fraction of sp³-hybridized carbons (Fsp3) is 0.333. The molecule has 7 nitrogen and oxygen atoms in total. The summed E-state index contributed by atoms with van der Waals surface area (Å²) in [6.45, 7) is 6.28. The summed E-state index contributed by atoms with van der Waals surface area (Å²) in [7, 11) is 0. The summed E-state index contributed by atoms with van der Waals surface area (Å²) in [6.07, 6.45) is 3.61. The van der Waals surface area contributed by atoms with Gasteiger partial charge in [-0.05, 0) is 31.2 Å². The van der Waals surface area contributed by atoms with E-state index in [-0.39, 0.29) is 0 Å². The van der Waals surface area contributed by atoms with Crippen LogP contribution in [0.25, 0.3) is 11.0 Å². The van der Waals surface area contributed by atoms with Crippen LogP contribution in [0.4, 0.5) is 17.6 Å². The summed E-state index contributed by atoms with van der Waals surface area (Å²) in [5.74, 6) is 2.52. The van der Waals surface area contributed by atoms with Gasteiger partial charge in [-0.1, -0.05) is 11.6 Å². The van der Waals surface area contributed by atoms with Crippen LogP contribution in [0.5, 0.6) is 0 Å². The number of benzene rings is 1. The van der Waals surface area contributed by atoms with Crippen molar-refractivity contribution in [1.82, 2.24) is 19.9 Å². The minimum atomic E-state index is 0.674. The summed E-state index contributed by atoms with van der Waals surface area (Å²) < 4.78 is 0. The van der Waals surface area contributed by atoms with Gasteiger partial charge in [0.25, 0.3) is 0 Å². The summed E-state index contributed by atoms with van der Waals surface area (Å²) in [6, 6.07) is 7.47. The molecule has 2 aromatic heterocycles. The number of piperazine rings is 1. The molecule has 1 aliphatic rings. The predicted molar refractivity (Wildman–Crippen MR) is 105 cm³/mol. The van der Waals surface area contributed by atoms with Crippen molar-refractivity contribution in [1.29, 1.82) is 0 Å². The maximum atomic E-state index is 6.01. The van der Waals surface area contributed by atoms with Crippen LogP contribution in [0.3, 0.4) is 0 Å². The SMILES string of the molecule is CCNc1ccnc(N2CCN(c3cnc4cc(Cl)ccc4n3)CC2)n1. The number of halogens is 1. The monoisotopic (exact) mass is 369 g/mol. The third-order valence-corrected chi connectivity index (χ3v) is 4.61. The first kappa shape index (κ1) is 16.8. The molecule has 0 atom stereocenters. The summed E-state index contributed by atoms with van der Waals surface area (Å²) in [5.41, 5.74) is 1.67. The molecule has 0 radical (unpaired) electrons. The van der Waals surface area contributed by atoms with E-state index in [1.54, 1.807) is 6.20 Å². The van der Waals surface area contributed by atoms with Crippen LogP contribution in [-0.2, 0) is 0 Å². The van der Waals surface area contributed by atoms with Crippen molar-refractivity contribution in [2.75, 3.05) is 47.8 Å². The topological polar surface area (TPSA) is 70.1 Å². The van der Waals surface area contributed by atoms with Gasteiger partial charge in [-0.15, -0.1) is 0 Å². The molecule has 0 aliphatic carbocycles. The van der Waals surface area contributed by atoms with E-state index in [1.807, 2.05) is 30.5 Å². The lowest BCUT2D eigenvalue weighted by Gasteiger charge is -2.35. The van der Waals surface area contributed by atoms with Crippen molar-refractivity contribution < 1.29 is 0 Å². The third-order valence-electron chi connectivity index (χ3n) is 4.38. The lowest BCUT2D eigenvalue weighted by molar-refractivity contribution is 0.635. The fourth-order valence-electron chi connectivity index (χ4n) is 3.04. The number of fused-ring (bicyclic) bond motifs is 1. The number of nitrogens with zero attached hydrogens (tertiary/aromatic N) is 6. The Morgan fingerprint density at radius 1 is 1.00 bits per heavy atom. The van der Waals surface area contributed by atoms with E-state index in [9.17, 15) is 0 Å². The van der Waals surface area contributed by atoms with Gasteiger partial charge < -0.3 is 15.1 Å². The molecule has 1 aliphatic heterocycles. The second-order valence-corrected chi connectivity index (χ2v) is 6.54. The molecule has 1 aromatic carbocycles. The number of nitrogens with one attached hydrogen (secondary N) is 1. The van der Waals surface area contributed by atoms with Gasteiger partial charge in [0.15, 0.2) is 0 Å². The zero-order valence-electron chi connectivity index (χ0n) is 14.6. The fourth-order valence-corrected chi connectivity index (χ4v) is 3.21. The third kappa shape index (κ3) is 3.48. The Labute approximate surface area is 157 Å². The average Bonchev–Trinajstić information content (AvgIpc) is 2.68. The highest BCUT2D eigenvalue weighted by atomic mass is 35.5. The highest BCUT2D eigenvalue weighted by molar-refractivity contribution is 6.31. The van der Waals surface area contributed by atoms with E-state index in [0.29, 0.717) is 5.02 Å². The molecule has 3 heterocycles. The number of anilines is 3. The lowest BCUT2D eigenvalue weighted by atomic mass is 10.3. The molecular weight excluding hydrogens is 350 g/mol. The summed E-state index contributed by atoms with van der Waals surface area (Å²) >= 11 is 6.01. The van der Waals surface area contributed by atoms with Crippen molar-refractivity contribution in [2.24, 2.45) is 0 Å². The van der Waals surface area contributed by atoms with Crippen LogP contribution in [0, 0.1) is 0 Å². The standard InChI is InChI=1S/C18H20ClN7/c1-2-20-16-5-6-21-18(24-16)26-9-7-25(8-10-26)17-12-22-15-11-13(19)3-4-14(15)23-17/h3-6,11-12H,2,7-10H2,1H3,(H,20,21,24). The Morgan fingerprint density at radius 2 is 1.81 bits per heavy atom. The van der Waals surface area contributed by atoms with Gasteiger partial charge >= 0.3 is 0 Å². The van der Waals surface area contributed by atoms with Gasteiger partial charge in [0.05, 0.1) is 17.2 Å². The van der Waals surface area contributed by atoms with Crippen molar-refractivity contribution in [2.45, 2.75) is 6.92 Å². The zero-order chi connectivity index (χ0) is 17.9. The van der Waals surface area contributed by atoms with E-state index in [4.69, 9.17) is 16.6 Å². The first-order chi connectivity index (χ1) is 12.7. The van der Waals surface area contributed by atoms with E-state index in [1.165, 1.54) is 0 Å². The average molecular weight is 370 g/mol. The number of hydrogen-bond acceptors (Lipinski definition) is 7. The van der Waals surface area contributed by atoms with Crippen LogP contribution >= 0.6 is 11.6 Å². The lowest BCUT2D eigenvalue weighted by Crippen LogP contribution is -2.47. The maximum Gasteiger partial charge on any atom is 0.227 e. The van der Waals surface area contributed by atoms with E-state index in [0.717, 1.165) is 61.3 Å². The molecule has 134 valence electrons. The molecule has 1 N–H and O–H groups in total. The second-order valence-electron chi connectivity index (χ2n) is 6.11. The zero-order valence-corrected chi connectivity index (χ0v) is 15.3. The first-order valence-corrected chi connectivity index (χ1v) is 9.10. The van der Waals surface area contributed by atoms with Crippen molar-refractivity contribution in [3.8, 4) is 0 Å². The summed E-state index contributed by atoms with van der Waals surface area (Å²) in [4.78, 5) is 22.6. The Balaban J connectivity index is 1.46. The smallest absolute Gasteiger partial charge is 0.227 e. The molecule has 0 bridgehead atoms. The molecule has 0 spiro atoms. The quantitative estimate of drug-likeness (QED) is 0.758. The van der Waals surface area contributed by atoms with Gasteiger partial charge in [0, 0.05) is 43.9 Å². The van der Waals surface area contributed by atoms with Crippen molar-refractivity contribution >= 4 is 40.2 Å². The largest absolute Gasteiger partial charge is 0.370 e. The Morgan fingerprint density at radius 3 is 2.62 bits per heavy atom. The predicted octanol–water partition coefficient (Wildman–Crippen LogP) is 2.83. The van der Waals surface area contributed by atoms with Crippen LogP contribution in [0.2, 0.25) is 5.02 Å². The van der Waals surface area contributed by atoms with Crippen LogP contribution in [-0.4, -0.2) is 52.7 Å². The maximum absolute atomic E-state index is 6.01. The molecule has 1 fully saturated rings. The summed E-state index contributed by atoms with van der Waals surface area (Å²) in [5, 5.41) is 3.90. The minimum absolute atomic E-state index is 0.674. The van der Waals surface area contributed by atoms with Crippen molar-refractivity contribution in [3.63, 3.8) is 0 Å². The number of aromatic nitrogens is 4. The van der Waals surface area contributed by atoms with E-state index < -0.39 is 0 Å². The van der Waals surface area contributed by atoms with Gasteiger partial charge in [0.2, 0.25) is 5.95 Å². The minimum Gasteiger partial charge on any atom is -0.370 e. The van der Waals surface area contributed by atoms with Crippen molar-refractivity contribution in [3.05, 3.63) is 41.7 Å². The van der Waals surface area contributed by atoms with Gasteiger partial charge in [-0.3, -0.25) is 4.98 Å². The molecule has 3 aromatic rings. The Bertz CT molecular complexity index is 909. The molecule has 0 unspecified atom stereocenters. The van der Waals surface area contributed by atoms with Crippen LogP contribution in [0.15, 0.2) is 36.7 Å². The second kappa shape index (κ2) is 7.29. The van der Waals surface area contributed by atoms with Crippen LogP contribution in [0.1, 0.15) is 6.92 Å². The highest BCUT2D eigenvalue weighted by Crippen LogP contribution is 2.21. The Hall–Kier alpha value is -2.67. The van der Waals surface area contributed by atoms with Crippen LogP contribution < -0.4 is 15.1 Å². The number of rotatable bonds is 4.